The van der Waals surface area contributed by atoms with E-state index in [1.165, 1.54) is 0 Å². The van der Waals surface area contributed by atoms with Crippen LogP contribution < -0.4 is 5.73 Å². The molecule has 0 saturated heterocycles. The maximum atomic E-state index is 10.8. The number of carbonyl (C=O) groups excluding carboxylic acids is 1. The normalized spacial score (nSPS) is 12.1. The van der Waals surface area contributed by atoms with E-state index in [0.717, 1.165) is 13.0 Å². The van der Waals surface area contributed by atoms with Gasteiger partial charge in [0.15, 0.2) is 0 Å². The van der Waals surface area contributed by atoms with Crippen LogP contribution in [-0.2, 0) is 4.79 Å². The fourth-order valence-corrected chi connectivity index (χ4v) is 0.626. The number of nitrogens with two attached hydrogens (primary N) is 1. The number of nitrogens with zero attached hydrogens (tertiary/aromatic N) is 1. The molecule has 0 aliphatic rings. The summed E-state index contributed by atoms with van der Waals surface area (Å²) >= 11 is 0. The van der Waals surface area contributed by atoms with Gasteiger partial charge in [0, 0.05) is 5.41 Å². The molecule has 2 N–H and O–H groups in total. The third-order valence-electron chi connectivity index (χ3n) is 1.85. The third kappa shape index (κ3) is 3.98. The second kappa shape index (κ2) is 3.72. The highest BCUT2D eigenvalue weighted by atomic mass is 16.1. The van der Waals surface area contributed by atoms with Crippen molar-refractivity contribution in [2.45, 2.75) is 20.3 Å². The van der Waals surface area contributed by atoms with Crippen molar-refractivity contribution in [3.63, 3.8) is 0 Å². The van der Waals surface area contributed by atoms with Crippen LogP contribution in [0.3, 0.4) is 0 Å². The lowest BCUT2D eigenvalue weighted by Gasteiger charge is -2.22. The highest BCUT2D eigenvalue weighted by Crippen LogP contribution is 2.18. The summed E-state index contributed by atoms with van der Waals surface area (Å²) in [5.74, 6) is -0.223. The molecule has 0 bridgehead atoms. The summed E-state index contributed by atoms with van der Waals surface area (Å²) in [6, 6.07) is 0. The molecular formula is C8H18N2O. The molecule has 0 aliphatic carbocycles. The minimum Gasteiger partial charge on any atom is -0.369 e. The van der Waals surface area contributed by atoms with Gasteiger partial charge in [-0.3, -0.25) is 4.79 Å². The first-order valence-electron chi connectivity index (χ1n) is 3.81. The van der Waals surface area contributed by atoms with Gasteiger partial charge in [-0.15, -0.1) is 0 Å². The van der Waals surface area contributed by atoms with Crippen LogP contribution in [0.25, 0.3) is 0 Å². The molecule has 0 aromatic carbocycles. The van der Waals surface area contributed by atoms with Gasteiger partial charge < -0.3 is 10.6 Å². The van der Waals surface area contributed by atoms with E-state index in [4.69, 9.17) is 5.73 Å². The van der Waals surface area contributed by atoms with E-state index < -0.39 is 0 Å². The Morgan fingerprint density at radius 1 is 1.45 bits per heavy atom. The lowest BCUT2D eigenvalue weighted by atomic mass is 9.88. The summed E-state index contributed by atoms with van der Waals surface area (Å²) in [5, 5.41) is 0. The average molecular weight is 158 g/mol. The Morgan fingerprint density at radius 2 is 1.91 bits per heavy atom. The molecule has 11 heavy (non-hydrogen) atoms. The summed E-state index contributed by atoms with van der Waals surface area (Å²) in [6.07, 6.45) is 0.815. The standard InChI is InChI=1S/C8H18N2O/c1-8(2,7(9)11)5-6-10(3)4/h5-6H2,1-4H3,(H2,9,11). The monoisotopic (exact) mass is 158 g/mol. The van der Waals surface area contributed by atoms with Gasteiger partial charge in [-0.25, -0.2) is 0 Å². The molecule has 0 fully saturated rings. The molecule has 0 aromatic heterocycles. The van der Waals surface area contributed by atoms with E-state index in [2.05, 4.69) is 0 Å². The second-order valence-corrected chi connectivity index (χ2v) is 3.80. The van der Waals surface area contributed by atoms with Gasteiger partial charge in [0.2, 0.25) is 5.91 Å². The smallest absolute Gasteiger partial charge is 0.223 e. The van der Waals surface area contributed by atoms with Crippen LogP contribution in [0.4, 0.5) is 0 Å². The van der Waals surface area contributed by atoms with Gasteiger partial charge >= 0.3 is 0 Å². The zero-order valence-electron chi connectivity index (χ0n) is 7.85. The summed E-state index contributed by atoms with van der Waals surface area (Å²) in [5.41, 5.74) is 4.83. The lowest BCUT2D eigenvalue weighted by Crippen LogP contribution is -2.34. The van der Waals surface area contributed by atoms with Gasteiger partial charge in [-0.2, -0.15) is 0 Å². The highest BCUT2D eigenvalue weighted by molar-refractivity contribution is 5.79. The van der Waals surface area contributed by atoms with E-state index in [-0.39, 0.29) is 11.3 Å². The fourth-order valence-electron chi connectivity index (χ4n) is 0.626. The van der Waals surface area contributed by atoms with Gasteiger partial charge in [0.1, 0.15) is 0 Å². The molecule has 0 unspecified atom stereocenters. The first-order chi connectivity index (χ1) is 4.86. The van der Waals surface area contributed by atoms with Gasteiger partial charge in [0.05, 0.1) is 0 Å². The fraction of sp³-hybridized carbons (Fsp3) is 0.875. The largest absolute Gasteiger partial charge is 0.369 e. The van der Waals surface area contributed by atoms with Crippen molar-refractivity contribution in [3.05, 3.63) is 0 Å². The average Bonchev–Trinajstić information content (AvgIpc) is 1.84. The van der Waals surface area contributed by atoms with Crippen LogP contribution in [0.2, 0.25) is 0 Å². The predicted molar refractivity (Wildman–Crippen MR) is 46.1 cm³/mol. The van der Waals surface area contributed by atoms with Crippen LogP contribution in [-0.4, -0.2) is 31.4 Å². The Hall–Kier alpha value is -0.570. The number of hydrogen-bond acceptors (Lipinski definition) is 2. The molecule has 0 saturated carbocycles. The second-order valence-electron chi connectivity index (χ2n) is 3.80. The maximum Gasteiger partial charge on any atom is 0.223 e. The molecule has 0 aliphatic heterocycles. The van der Waals surface area contributed by atoms with E-state index >= 15 is 0 Å². The number of carbonyl (C=O) groups is 1. The van der Waals surface area contributed by atoms with Crippen molar-refractivity contribution in [3.8, 4) is 0 Å². The van der Waals surface area contributed by atoms with Gasteiger partial charge in [-0.05, 0) is 27.1 Å². The highest BCUT2D eigenvalue weighted by Gasteiger charge is 2.24. The molecule has 0 radical (unpaired) electrons. The molecule has 0 heterocycles. The van der Waals surface area contributed by atoms with Crippen molar-refractivity contribution < 1.29 is 4.79 Å². The SMILES string of the molecule is CN(C)CCC(C)(C)C(N)=O. The number of amides is 1. The number of primary amides is 1. The topological polar surface area (TPSA) is 46.3 Å². The van der Waals surface area contributed by atoms with E-state index in [0.29, 0.717) is 0 Å². The minimum atomic E-state index is -0.371. The first-order valence-corrected chi connectivity index (χ1v) is 3.81. The zero-order valence-corrected chi connectivity index (χ0v) is 7.85. The summed E-state index contributed by atoms with van der Waals surface area (Å²) in [7, 11) is 3.97. The Bertz CT molecular complexity index is 141. The maximum absolute atomic E-state index is 10.8. The van der Waals surface area contributed by atoms with Crippen molar-refractivity contribution in [1.82, 2.24) is 4.90 Å². The Morgan fingerprint density at radius 3 is 2.18 bits per heavy atom. The predicted octanol–water partition coefficient (Wildman–Crippen LogP) is 0.450. The Labute approximate surface area is 68.6 Å². The Balaban J connectivity index is 3.83. The minimum absolute atomic E-state index is 0.223. The molecule has 3 heteroatoms. The Kier molecular flexibility index (Phi) is 3.52. The van der Waals surface area contributed by atoms with E-state index in [1.54, 1.807) is 0 Å². The molecule has 0 atom stereocenters. The molecule has 66 valence electrons. The third-order valence-corrected chi connectivity index (χ3v) is 1.85. The van der Waals surface area contributed by atoms with Gasteiger partial charge in [-0.1, -0.05) is 13.8 Å². The summed E-state index contributed by atoms with van der Waals surface area (Å²) in [6.45, 7) is 4.65. The van der Waals surface area contributed by atoms with Crippen LogP contribution in [0.5, 0.6) is 0 Å². The first kappa shape index (κ1) is 10.4. The van der Waals surface area contributed by atoms with Crippen molar-refractivity contribution in [2.24, 2.45) is 11.1 Å². The molecule has 0 rings (SSSR count). The molecule has 0 aromatic rings. The number of rotatable bonds is 4. The van der Waals surface area contributed by atoms with Crippen molar-refractivity contribution in [1.29, 1.82) is 0 Å². The summed E-state index contributed by atoms with van der Waals surface area (Å²) < 4.78 is 0. The van der Waals surface area contributed by atoms with Gasteiger partial charge in [0.25, 0.3) is 0 Å². The molecular weight excluding hydrogens is 140 g/mol. The van der Waals surface area contributed by atoms with Crippen LogP contribution in [0, 0.1) is 5.41 Å². The van der Waals surface area contributed by atoms with Crippen molar-refractivity contribution >= 4 is 5.91 Å². The lowest BCUT2D eigenvalue weighted by molar-refractivity contribution is -0.126. The molecule has 0 spiro atoms. The van der Waals surface area contributed by atoms with Crippen LogP contribution >= 0.6 is 0 Å². The van der Waals surface area contributed by atoms with E-state index in [9.17, 15) is 4.79 Å². The van der Waals surface area contributed by atoms with Crippen LogP contribution in [0.15, 0.2) is 0 Å². The van der Waals surface area contributed by atoms with Crippen molar-refractivity contribution in [2.75, 3.05) is 20.6 Å². The quantitative estimate of drug-likeness (QED) is 0.645. The van der Waals surface area contributed by atoms with Crippen LogP contribution in [0.1, 0.15) is 20.3 Å². The molecule has 3 nitrogen and oxygen atoms in total. The zero-order chi connectivity index (χ0) is 9.07. The summed E-state index contributed by atoms with van der Waals surface area (Å²) in [4.78, 5) is 12.9. The number of hydrogen-bond donors (Lipinski definition) is 1. The molecule has 1 amide bonds. The van der Waals surface area contributed by atoms with E-state index in [1.807, 2.05) is 32.8 Å².